The second-order valence-corrected chi connectivity index (χ2v) is 4.28. The van der Waals surface area contributed by atoms with E-state index in [1.807, 2.05) is 30.1 Å². The lowest BCUT2D eigenvalue weighted by atomic mass is 10.0. The third kappa shape index (κ3) is 2.71. The summed E-state index contributed by atoms with van der Waals surface area (Å²) in [6, 6.07) is 8.05. The van der Waals surface area contributed by atoms with Crippen LogP contribution in [0, 0.1) is 0 Å². The number of rotatable bonds is 5. The topological polar surface area (TPSA) is 53.1 Å². The molecule has 4 heteroatoms. The Kier molecular flexibility index (Phi) is 3.99. The minimum Gasteiger partial charge on any atom is -0.497 e. The lowest BCUT2D eigenvalue weighted by molar-refractivity contribution is 0.415. The number of benzene rings is 1. The Morgan fingerprint density at radius 2 is 2.00 bits per heavy atom. The minimum atomic E-state index is 0.693. The van der Waals surface area contributed by atoms with Gasteiger partial charge in [0.1, 0.15) is 5.75 Å². The summed E-state index contributed by atoms with van der Waals surface area (Å²) in [4.78, 5) is 0. The van der Waals surface area contributed by atoms with Crippen LogP contribution in [-0.2, 0) is 13.5 Å². The molecule has 1 heterocycles. The van der Waals surface area contributed by atoms with Gasteiger partial charge >= 0.3 is 0 Å². The monoisotopic (exact) mass is 245 g/mol. The summed E-state index contributed by atoms with van der Waals surface area (Å²) in [6.45, 7) is 0.693. The number of nitrogens with zero attached hydrogens (tertiary/aromatic N) is 2. The minimum absolute atomic E-state index is 0.693. The van der Waals surface area contributed by atoms with Crippen molar-refractivity contribution in [3.8, 4) is 16.9 Å². The fourth-order valence-electron chi connectivity index (χ4n) is 2.00. The number of methoxy groups -OCH3 is 1. The Balaban J connectivity index is 2.30. The Bertz CT molecular complexity index is 502. The van der Waals surface area contributed by atoms with Crippen molar-refractivity contribution in [2.75, 3.05) is 13.7 Å². The van der Waals surface area contributed by atoms with Gasteiger partial charge in [0.05, 0.1) is 12.8 Å². The molecule has 2 rings (SSSR count). The van der Waals surface area contributed by atoms with Crippen molar-refractivity contribution in [1.82, 2.24) is 9.78 Å². The van der Waals surface area contributed by atoms with Gasteiger partial charge in [-0.05, 0) is 37.1 Å². The van der Waals surface area contributed by atoms with Gasteiger partial charge in [0, 0.05) is 18.8 Å². The molecule has 0 saturated carbocycles. The van der Waals surface area contributed by atoms with Crippen molar-refractivity contribution < 1.29 is 4.74 Å². The number of hydrogen-bond acceptors (Lipinski definition) is 3. The summed E-state index contributed by atoms with van der Waals surface area (Å²) in [5.74, 6) is 0.867. The molecule has 0 fully saturated rings. The number of aromatic nitrogens is 2. The molecule has 0 aliphatic rings. The average Bonchev–Trinajstić information content (AvgIpc) is 2.77. The second-order valence-electron chi connectivity index (χ2n) is 4.28. The third-order valence-corrected chi connectivity index (χ3v) is 2.92. The predicted octanol–water partition coefficient (Wildman–Crippen LogP) is 1.99. The van der Waals surface area contributed by atoms with E-state index in [9.17, 15) is 0 Å². The fourth-order valence-corrected chi connectivity index (χ4v) is 2.00. The van der Waals surface area contributed by atoms with E-state index < -0.39 is 0 Å². The summed E-state index contributed by atoms with van der Waals surface area (Å²) < 4.78 is 7.02. The summed E-state index contributed by atoms with van der Waals surface area (Å²) >= 11 is 0. The van der Waals surface area contributed by atoms with Crippen LogP contribution in [0.5, 0.6) is 5.75 Å². The zero-order valence-corrected chi connectivity index (χ0v) is 10.9. The largest absolute Gasteiger partial charge is 0.497 e. The molecule has 0 saturated heterocycles. The normalized spacial score (nSPS) is 10.6. The molecule has 0 aliphatic heterocycles. The zero-order chi connectivity index (χ0) is 13.0. The first-order valence-corrected chi connectivity index (χ1v) is 6.11. The van der Waals surface area contributed by atoms with Crippen LogP contribution in [0.25, 0.3) is 11.1 Å². The van der Waals surface area contributed by atoms with E-state index in [-0.39, 0.29) is 0 Å². The first-order chi connectivity index (χ1) is 8.74. The number of aryl methyl sites for hydroxylation is 2. The SMILES string of the molecule is COc1ccc(-c2cn(C)nc2CCCN)cc1. The van der Waals surface area contributed by atoms with Gasteiger partial charge in [-0.3, -0.25) is 4.68 Å². The first kappa shape index (κ1) is 12.6. The predicted molar refractivity (Wildman–Crippen MR) is 72.6 cm³/mol. The standard InChI is InChI=1S/C14H19N3O/c1-17-10-13(14(16-17)4-3-9-15)11-5-7-12(18-2)8-6-11/h5-8,10H,3-4,9,15H2,1-2H3. The van der Waals surface area contributed by atoms with Crippen LogP contribution in [0.1, 0.15) is 12.1 Å². The van der Waals surface area contributed by atoms with E-state index in [1.54, 1.807) is 7.11 Å². The smallest absolute Gasteiger partial charge is 0.118 e. The molecule has 0 unspecified atom stereocenters. The fraction of sp³-hybridized carbons (Fsp3) is 0.357. The molecule has 2 N–H and O–H groups in total. The van der Waals surface area contributed by atoms with Crippen LogP contribution in [0.2, 0.25) is 0 Å². The van der Waals surface area contributed by atoms with Gasteiger partial charge in [-0.25, -0.2) is 0 Å². The summed E-state index contributed by atoms with van der Waals surface area (Å²) in [5.41, 5.74) is 9.00. The van der Waals surface area contributed by atoms with Gasteiger partial charge in [-0.2, -0.15) is 5.10 Å². The lowest BCUT2D eigenvalue weighted by Crippen LogP contribution is -2.01. The highest BCUT2D eigenvalue weighted by Gasteiger charge is 2.09. The maximum absolute atomic E-state index is 5.56. The van der Waals surface area contributed by atoms with Gasteiger partial charge < -0.3 is 10.5 Å². The maximum atomic E-state index is 5.56. The van der Waals surface area contributed by atoms with Gasteiger partial charge in [0.15, 0.2) is 0 Å². The summed E-state index contributed by atoms with van der Waals surface area (Å²) in [7, 11) is 3.62. The molecule has 0 atom stereocenters. The molecule has 0 bridgehead atoms. The number of nitrogens with two attached hydrogens (primary N) is 1. The number of ether oxygens (including phenoxy) is 1. The second kappa shape index (κ2) is 5.69. The Labute approximate surface area is 107 Å². The highest BCUT2D eigenvalue weighted by Crippen LogP contribution is 2.25. The molecule has 0 aliphatic carbocycles. The van der Waals surface area contributed by atoms with Crippen molar-refractivity contribution in [2.45, 2.75) is 12.8 Å². The third-order valence-electron chi connectivity index (χ3n) is 2.92. The highest BCUT2D eigenvalue weighted by atomic mass is 16.5. The van der Waals surface area contributed by atoms with E-state index >= 15 is 0 Å². The number of hydrogen-bond donors (Lipinski definition) is 1. The molecular formula is C14H19N3O. The van der Waals surface area contributed by atoms with Crippen LogP contribution in [0.3, 0.4) is 0 Å². The quantitative estimate of drug-likeness (QED) is 0.876. The molecule has 0 radical (unpaired) electrons. The van der Waals surface area contributed by atoms with Crippen LogP contribution >= 0.6 is 0 Å². The van der Waals surface area contributed by atoms with E-state index in [0.717, 1.165) is 29.8 Å². The molecule has 2 aromatic rings. The van der Waals surface area contributed by atoms with E-state index in [0.29, 0.717) is 6.54 Å². The summed E-state index contributed by atoms with van der Waals surface area (Å²) in [5, 5.41) is 4.50. The molecule has 4 nitrogen and oxygen atoms in total. The lowest BCUT2D eigenvalue weighted by Gasteiger charge is -2.03. The van der Waals surface area contributed by atoms with Crippen molar-refractivity contribution in [3.05, 3.63) is 36.2 Å². The molecule has 0 amide bonds. The molecule has 0 spiro atoms. The van der Waals surface area contributed by atoms with Gasteiger partial charge in [-0.15, -0.1) is 0 Å². The molecule has 1 aromatic heterocycles. The van der Waals surface area contributed by atoms with E-state index in [2.05, 4.69) is 17.2 Å². The van der Waals surface area contributed by atoms with Crippen LogP contribution < -0.4 is 10.5 Å². The molecular weight excluding hydrogens is 226 g/mol. The first-order valence-electron chi connectivity index (χ1n) is 6.11. The van der Waals surface area contributed by atoms with Crippen molar-refractivity contribution in [3.63, 3.8) is 0 Å². The van der Waals surface area contributed by atoms with Crippen molar-refractivity contribution >= 4 is 0 Å². The van der Waals surface area contributed by atoms with Crippen LogP contribution in [0.4, 0.5) is 0 Å². The van der Waals surface area contributed by atoms with E-state index in [1.165, 1.54) is 5.56 Å². The Morgan fingerprint density at radius 3 is 2.61 bits per heavy atom. The maximum Gasteiger partial charge on any atom is 0.118 e. The highest BCUT2D eigenvalue weighted by molar-refractivity contribution is 5.66. The van der Waals surface area contributed by atoms with Crippen LogP contribution in [-0.4, -0.2) is 23.4 Å². The van der Waals surface area contributed by atoms with Gasteiger partial charge in [-0.1, -0.05) is 12.1 Å². The Morgan fingerprint density at radius 1 is 1.28 bits per heavy atom. The molecule has 96 valence electrons. The Hall–Kier alpha value is -1.81. The van der Waals surface area contributed by atoms with Gasteiger partial charge in [0.2, 0.25) is 0 Å². The summed E-state index contributed by atoms with van der Waals surface area (Å²) in [6.07, 6.45) is 3.92. The van der Waals surface area contributed by atoms with Crippen LogP contribution in [0.15, 0.2) is 30.5 Å². The van der Waals surface area contributed by atoms with Crippen molar-refractivity contribution in [2.24, 2.45) is 12.8 Å². The average molecular weight is 245 g/mol. The van der Waals surface area contributed by atoms with Crippen molar-refractivity contribution in [1.29, 1.82) is 0 Å². The van der Waals surface area contributed by atoms with Gasteiger partial charge in [0.25, 0.3) is 0 Å². The molecule has 1 aromatic carbocycles. The zero-order valence-electron chi connectivity index (χ0n) is 10.9. The molecule has 18 heavy (non-hydrogen) atoms. The van der Waals surface area contributed by atoms with E-state index in [4.69, 9.17) is 10.5 Å².